The molecule has 3 aromatic rings. The lowest BCUT2D eigenvalue weighted by Crippen LogP contribution is -2.17. The summed E-state index contributed by atoms with van der Waals surface area (Å²) < 4.78 is 12.2. The molecule has 0 saturated heterocycles. The first-order valence-corrected chi connectivity index (χ1v) is 12.8. The van der Waals surface area contributed by atoms with Gasteiger partial charge in [0.05, 0.1) is 11.1 Å². The zero-order chi connectivity index (χ0) is 24.6. The third-order valence-corrected chi connectivity index (χ3v) is 6.67. The van der Waals surface area contributed by atoms with Crippen LogP contribution < -0.4 is 9.47 Å². The Hall–Kier alpha value is -3.40. The number of aryl methyl sites for hydroxylation is 1. The summed E-state index contributed by atoms with van der Waals surface area (Å²) in [6.45, 7) is 4.23. The van der Waals surface area contributed by atoms with Crippen molar-refractivity contribution < 1.29 is 19.1 Å². The first-order valence-electron chi connectivity index (χ1n) is 12.8. The van der Waals surface area contributed by atoms with Crippen molar-refractivity contribution in [2.45, 2.75) is 71.1 Å². The van der Waals surface area contributed by atoms with Gasteiger partial charge in [0, 0.05) is 5.56 Å². The third kappa shape index (κ3) is 5.82. The molecule has 4 heteroatoms. The van der Waals surface area contributed by atoms with E-state index in [4.69, 9.17) is 9.47 Å². The normalized spacial score (nSPS) is 13.5. The van der Waals surface area contributed by atoms with Crippen LogP contribution in [0, 0.1) is 0 Å². The average Bonchev–Trinajstić information content (AvgIpc) is 3.43. The first kappa shape index (κ1) is 24.7. The Morgan fingerprint density at radius 3 is 1.77 bits per heavy atom. The molecule has 0 radical (unpaired) electrons. The lowest BCUT2D eigenvalue weighted by molar-refractivity contribution is 0.0679. The van der Waals surface area contributed by atoms with Gasteiger partial charge in [-0.3, -0.25) is 0 Å². The number of hydrogen-bond donors (Lipinski definition) is 0. The van der Waals surface area contributed by atoms with Gasteiger partial charge in [-0.2, -0.15) is 0 Å². The van der Waals surface area contributed by atoms with Gasteiger partial charge in [0.15, 0.2) is 11.5 Å². The highest BCUT2D eigenvalue weighted by atomic mass is 16.6. The van der Waals surface area contributed by atoms with E-state index in [2.05, 4.69) is 19.9 Å². The molecule has 0 atom stereocenters. The first-order chi connectivity index (χ1) is 17.1. The second-order valence-electron chi connectivity index (χ2n) is 9.25. The molecule has 4 rings (SSSR count). The number of carbonyl (C=O) groups is 2. The molecule has 4 nitrogen and oxygen atoms in total. The fraction of sp³-hybridized carbons (Fsp3) is 0.355. The largest absolute Gasteiger partial charge is 0.419 e. The summed E-state index contributed by atoms with van der Waals surface area (Å²) in [5.41, 5.74) is 4.11. The Kier molecular flexibility index (Phi) is 8.36. The number of carbonyl (C=O) groups excluding carboxylic acids is 2. The molecular formula is C31H34O4. The molecule has 1 saturated carbocycles. The topological polar surface area (TPSA) is 52.6 Å². The van der Waals surface area contributed by atoms with Crippen LogP contribution in [0.2, 0.25) is 0 Å². The number of rotatable bonds is 9. The van der Waals surface area contributed by atoms with Gasteiger partial charge in [-0.1, -0.05) is 82.0 Å². The molecule has 0 aromatic heterocycles. The number of ether oxygens (including phenoxy) is 2. The molecule has 0 heterocycles. The molecule has 0 N–H and O–H groups in total. The van der Waals surface area contributed by atoms with Gasteiger partial charge in [-0.15, -0.1) is 0 Å². The fourth-order valence-corrected chi connectivity index (χ4v) is 4.99. The predicted molar refractivity (Wildman–Crippen MR) is 138 cm³/mol. The Morgan fingerprint density at radius 2 is 1.26 bits per heavy atom. The van der Waals surface area contributed by atoms with E-state index in [1.165, 1.54) is 18.4 Å². The standard InChI is InChI=1S/C31H34O4/c1-3-13-25-21-27(22-15-11-12-16-22)26(14-4-2)29(35-31(33)24-19-9-6-10-20-24)28(25)34-30(32)23-17-7-5-8-18-23/h5-10,17-22H,3-4,11-16H2,1-2H3. The molecule has 1 fully saturated rings. The maximum Gasteiger partial charge on any atom is 0.343 e. The summed E-state index contributed by atoms with van der Waals surface area (Å²) in [7, 11) is 0. The summed E-state index contributed by atoms with van der Waals surface area (Å²) in [5, 5.41) is 0. The van der Waals surface area contributed by atoms with Crippen LogP contribution in [0.5, 0.6) is 11.5 Å². The summed E-state index contributed by atoms with van der Waals surface area (Å²) in [6.07, 6.45) is 7.97. The average molecular weight is 471 g/mol. The monoisotopic (exact) mass is 470 g/mol. The van der Waals surface area contributed by atoms with E-state index in [0.29, 0.717) is 28.5 Å². The van der Waals surface area contributed by atoms with Gasteiger partial charge in [0.2, 0.25) is 0 Å². The summed E-state index contributed by atoms with van der Waals surface area (Å²) in [5.74, 6) is 0.357. The van der Waals surface area contributed by atoms with Gasteiger partial charge in [0.1, 0.15) is 0 Å². The van der Waals surface area contributed by atoms with Crippen molar-refractivity contribution in [2.24, 2.45) is 0 Å². The van der Waals surface area contributed by atoms with Crippen molar-refractivity contribution in [1.82, 2.24) is 0 Å². The van der Waals surface area contributed by atoms with Crippen molar-refractivity contribution in [3.05, 3.63) is 94.5 Å². The highest BCUT2D eigenvalue weighted by Crippen LogP contribution is 2.46. The van der Waals surface area contributed by atoms with Crippen LogP contribution >= 0.6 is 0 Å². The number of benzene rings is 3. The molecule has 0 spiro atoms. The van der Waals surface area contributed by atoms with Gasteiger partial charge >= 0.3 is 11.9 Å². The van der Waals surface area contributed by atoms with Gasteiger partial charge < -0.3 is 9.47 Å². The van der Waals surface area contributed by atoms with Crippen LogP contribution in [-0.4, -0.2) is 11.9 Å². The maximum atomic E-state index is 13.2. The van der Waals surface area contributed by atoms with Gasteiger partial charge in [-0.05, 0) is 67.0 Å². The number of esters is 2. The van der Waals surface area contributed by atoms with E-state index in [0.717, 1.165) is 49.7 Å². The minimum Gasteiger partial charge on any atom is -0.419 e. The fourth-order valence-electron chi connectivity index (χ4n) is 4.99. The highest BCUT2D eigenvalue weighted by molar-refractivity contribution is 5.93. The van der Waals surface area contributed by atoms with Crippen molar-refractivity contribution in [1.29, 1.82) is 0 Å². The van der Waals surface area contributed by atoms with E-state index in [1.807, 2.05) is 36.4 Å². The molecule has 182 valence electrons. The van der Waals surface area contributed by atoms with E-state index in [-0.39, 0.29) is 0 Å². The summed E-state index contributed by atoms with van der Waals surface area (Å²) in [6, 6.07) is 20.2. The Bertz CT molecular complexity index is 1150. The second-order valence-corrected chi connectivity index (χ2v) is 9.25. The van der Waals surface area contributed by atoms with Crippen molar-refractivity contribution in [3.8, 4) is 11.5 Å². The molecule has 0 bridgehead atoms. The van der Waals surface area contributed by atoms with Gasteiger partial charge in [0.25, 0.3) is 0 Å². The lowest BCUT2D eigenvalue weighted by Gasteiger charge is -2.24. The van der Waals surface area contributed by atoms with E-state index >= 15 is 0 Å². The van der Waals surface area contributed by atoms with Crippen LogP contribution in [0.1, 0.15) is 95.7 Å². The zero-order valence-corrected chi connectivity index (χ0v) is 20.7. The highest BCUT2D eigenvalue weighted by Gasteiger charge is 2.29. The van der Waals surface area contributed by atoms with Crippen molar-refractivity contribution >= 4 is 11.9 Å². The SMILES string of the molecule is CCCc1cc(C2CCCC2)c(CCC)c(OC(=O)c2ccccc2)c1OC(=O)c1ccccc1. The molecule has 0 unspecified atom stereocenters. The Balaban J connectivity index is 1.85. The Labute approximate surface area is 208 Å². The quantitative estimate of drug-likeness (QED) is 0.238. The maximum absolute atomic E-state index is 13.2. The lowest BCUT2D eigenvalue weighted by atomic mass is 9.87. The molecule has 3 aromatic carbocycles. The number of hydrogen-bond acceptors (Lipinski definition) is 4. The molecule has 0 amide bonds. The van der Waals surface area contributed by atoms with Crippen molar-refractivity contribution in [2.75, 3.05) is 0 Å². The van der Waals surface area contributed by atoms with Gasteiger partial charge in [-0.25, -0.2) is 9.59 Å². The zero-order valence-electron chi connectivity index (χ0n) is 20.7. The van der Waals surface area contributed by atoms with Crippen molar-refractivity contribution in [3.63, 3.8) is 0 Å². The minimum atomic E-state index is -0.448. The smallest absolute Gasteiger partial charge is 0.343 e. The molecule has 0 aliphatic heterocycles. The second kappa shape index (κ2) is 11.8. The summed E-state index contributed by atoms with van der Waals surface area (Å²) >= 11 is 0. The van der Waals surface area contributed by atoms with E-state index in [9.17, 15) is 9.59 Å². The van der Waals surface area contributed by atoms with E-state index in [1.54, 1.807) is 24.3 Å². The molecule has 1 aliphatic carbocycles. The van der Waals surface area contributed by atoms with Crippen LogP contribution in [0.3, 0.4) is 0 Å². The van der Waals surface area contributed by atoms with E-state index < -0.39 is 11.9 Å². The predicted octanol–water partition coefficient (Wildman–Crippen LogP) is 7.69. The molecular weight excluding hydrogens is 436 g/mol. The van der Waals surface area contributed by atoms with Crippen LogP contribution in [-0.2, 0) is 12.8 Å². The minimum absolute atomic E-state index is 0.384. The summed E-state index contributed by atoms with van der Waals surface area (Å²) in [4.78, 5) is 26.3. The molecule has 35 heavy (non-hydrogen) atoms. The van der Waals surface area contributed by atoms with Crippen LogP contribution in [0.4, 0.5) is 0 Å². The third-order valence-electron chi connectivity index (χ3n) is 6.67. The van der Waals surface area contributed by atoms with Crippen LogP contribution in [0.15, 0.2) is 66.7 Å². The Morgan fingerprint density at radius 1 is 0.743 bits per heavy atom. The molecule has 1 aliphatic rings. The van der Waals surface area contributed by atoms with Crippen LogP contribution in [0.25, 0.3) is 0 Å².